The van der Waals surface area contributed by atoms with E-state index in [4.69, 9.17) is 14.2 Å². The summed E-state index contributed by atoms with van der Waals surface area (Å²) in [5.41, 5.74) is 1.26. The van der Waals surface area contributed by atoms with Crippen molar-refractivity contribution < 1.29 is 58.6 Å². The maximum absolute atomic E-state index is 14.4. The van der Waals surface area contributed by atoms with Crippen molar-refractivity contribution in [2.45, 2.75) is 175 Å². The zero-order valence-electron chi connectivity index (χ0n) is 41.4. The van der Waals surface area contributed by atoms with Gasteiger partial charge in [0.15, 0.2) is 5.78 Å². The van der Waals surface area contributed by atoms with Gasteiger partial charge in [-0.2, -0.15) is 0 Å². The second kappa shape index (κ2) is 25.9. The number of esters is 1. The fraction of sp³-hybridized carbons (Fsp3) is 0.755. The SMILES string of the molecule is CO[C@H]1C(=O)[C@@H](C)C[C@H](C)/C=C/C=C/C=C(\C)[C@@H](CO)C[C@@H]2CCC[C@@H](C)[C@@](O)(O2)C(=O)C(=O)N2CCCC[C@H]2C(=O)O[C@H]([C@H](C)C[C@@H]2CC[C@H](C)[C@H](CO)C2)CC(=O)[C@H](C)/C=C(\C)[C@H]1O. The highest BCUT2D eigenvalue weighted by atomic mass is 16.6. The fourth-order valence-corrected chi connectivity index (χ4v) is 10.7. The Morgan fingerprint density at radius 3 is 2.27 bits per heavy atom. The molecule has 4 N–H and O–H groups in total. The predicted molar refractivity (Wildman–Crippen MR) is 252 cm³/mol. The van der Waals surface area contributed by atoms with Crippen LogP contribution in [0.2, 0.25) is 0 Å². The van der Waals surface area contributed by atoms with Crippen molar-refractivity contribution in [2.75, 3.05) is 26.9 Å². The van der Waals surface area contributed by atoms with Crippen molar-refractivity contribution in [1.29, 1.82) is 0 Å². The summed E-state index contributed by atoms with van der Waals surface area (Å²) < 4.78 is 18.1. The molecule has 1 saturated carbocycles. The molecule has 2 saturated heterocycles. The van der Waals surface area contributed by atoms with Crippen LogP contribution < -0.4 is 0 Å². The minimum absolute atomic E-state index is 0.00919. The van der Waals surface area contributed by atoms with Gasteiger partial charge >= 0.3 is 5.97 Å². The summed E-state index contributed by atoms with van der Waals surface area (Å²) in [7, 11) is 1.38. The Morgan fingerprint density at radius 2 is 1.59 bits per heavy atom. The van der Waals surface area contributed by atoms with Gasteiger partial charge in [-0.15, -0.1) is 0 Å². The van der Waals surface area contributed by atoms with Gasteiger partial charge in [0.2, 0.25) is 5.79 Å². The minimum Gasteiger partial charge on any atom is -0.460 e. The molecule has 66 heavy (non-hydrogen) atoms. The number of nitrogens with zero attached hydrogens (tertiary/aromatic N) is 1. The Labute approximate surface area is 394 Å². The first-order valence-electron chi connectivity index (χ1n) is 24.9. The van der Waals surface area contributed by atoms with E-state index in [0.29, 0.717) is 62.9 Å². The van der Waals surface area contributed by atoms with E-state index < -0.39 is 71.7 Å². The van der Waals surface area contributed by atoms with E-state index in [9.17, 15) is 44.4 Å². The number of aliphatic hydroxyl groups is 4. The van der Waals surface area contributed by atoms with Crippen LogP contribution in [-0.2, 0) is 38.2 Å². The van der Waals surface area contributed by atoms with Gasteiger partial charge < -0.3 is 39.5 Å². The van der Waals surface area contributed by atoms with Gasteiger partial charge in [0, 0.05) is 57.0 Å². The van der Waals surface area contributed by atoms with Gasteiger partial charge in [-0.25, -0.2) is 4.79 Å². The number of ether oxygens (including phenoxy) is 3. The highest BCUT2D eigenvalue weighted by Gasteiger charge is 2.52. The molecule has 13 nitrogen and oxygen atoms in total. The highest BCUT2D eigenvalue weighted by molar-refractivity contribution is 6.39. The van der Waals surface area contributed by atoms with Gasteiger partial charge in [0.1, 0.15) is 30.1 Å². The van der Waals surface area contributed by atoms with Crippen LogP contribution in [0.3, 0.4) is 0 Å². The van der Waals surface area contributed by atoms with Crippen LogP contribution in [0.4, 0.5) is 0 Å². The minimum atomic E-state index is -2.46. The molecule has 15 atom stereocenters. The van der Waals surface area contributed by atoms with Gasteiger partial charge in [0.25, 0.3) is 11.7 Å². The van der Waals surface area contributed by atoms with E-state index in [1.807, 2.05) is 58.1 Å². The number of carbonyl (C=O) groups excluding carboxylic acids is 5. The lowest BCUT2D eigenvalue weighted by molar-refractivity contribution is -0.241. The van der Waals surface area contributed by atoms with Gasteiger partial charge in [-0.05, 0) is 107 Å². The van der Waals surface area contributed by atoms with E-state index >= 15 is 0 Å². The Balaban J connectivity index is 1.72. The molecule has 3 fully saturated rings. The van der Waals surface area contributed by atoms with Gasteiger partial charge in [0.05, 0.1) is 6.10 Å². The van der Waals surface area contributed by atoms with Crippen molar-refractivity contribution in [2.24, 2.45) is 53.3 Å². The zero-order chi connectivity index (χ0) is 48.9. The number of piperidine rings is 1. The lowest BCUT2D eigenvalue weighted by Gasteiger charge is -2.39. The predicted octanol–water partition coefficient (Wildman–Crippen LogP) is 7.03. The van der Waals surface area contributed by atoms with Crippen molar-refractivity contribution >= 4 is 29.2 Å². The first-order chi connectivity index (χ1) is 31.2. The second-order valence-corrected chi connectivity index (χ2v) is 20.7. The van der Waals surface area contributed by atoms with Crippen molar-refractivity contribution in [3.63, 3.8) is 0 Å². The maximum atomic E-state index is 14.4. The molecule has 1 aliphatic carbocycles. The van der Waals surface area contributed by atoms with E-state index in [1.165, 1.54) is 12.0 Å². The molecule has 3 aliphatic heterocycles. The molecule has 0 radical (unpaired) electrons. The standard InChI is InChI=1S/C53H83NO12/c1-32-16-11-10-12-17-33(2)42(31-56)28-43-19-15-18-39(8)53(63,66-43)50(60)51(61)54-23-14-13-20-44(54)52(62)65-46(36(5)26-40-22-21-34(3)41(27-40)30-55)29-45(57)35(4)25-38(7)48(59)49(64-9)47(58)37(6)24-32/h10-12,16-17,25,32,34-37,39-44,46,48-49,55-56,59,63H,13-15,18-24,26-31H2,1-9H3/b12-10+,16-11+,33-17+,38-25+/t32-,34+,35-,36-,37+,39-,40+,41+,42-,43+,44+,46+,48-,49+,53-/m1/s1. The van der Waals surface area contributed by atoms with Crippen molar-refractivity contribution in [3.8, 4) is 0 Å². The zero-order valence-corrected chi connectivity index (χ0v) is 41.4. The first-order valence-corrected chi connectivity index (χ1v) is 24.9. The third-order valence-corrected chi connectivity index (χ3v) is 15.4. The number of cyclic esters (lactones) is 1. The summed E-state index contributed by atoms with van der Waals surface area (Å²) in [6.07, 6.45) is 14.0. The van der Waals surface area contributed by atoms with Gasteiger partial charge in [-0.1, -0.05) is 103 Å². The summed E-state index contributed by atoms with van der Waals surface area (Å²) in [4.78, 5) is 72.2. The second-order valence-electron chi connectivity index (χ2n) is 20.7. The van der Waals surface area contributed by atoms with Crippen LogP contribution >= 0.6 is 0 Å². The van der Waals surface area contributed by atoms with E-state index in [0.717, 1.165) is 24.8 Å². The number of fused-ring (bicyclic) bond motifs is 3. The first kappa shape index (κ1) is 55.3. The van der Waals surface area contributed by atoms with Crippen LogP contribution in [0.15, 0.2) is 47.6 Å². The smallest absolute Gasteiger partial charge is 0.329 e. The average Bonchev–Trinajstić information content (AvgIpc) is 3.44. The highest BCUT2D eigenvalue weighted by Crippen LogP contribution is 2.39. The fourth-order valence-electron chi connectivity index (χ4n) is 10.7. The molecule has 4 rings (SSSR count). The molecular weight excluding hydrogens is 843 g/mol. The molecular formula is C53H83NO12. The third kappa shape index (κ3) is 14.6. The Bertz CT molecular complexity index is 1770. The van der Waals surface area contributed by atoms with Gasteiger partial charge in [-0.3, -0.25) is 19.2 Å². The molecule has 0 spiro atoms. The number of methoxy groups -OCH3 is 1. The lowest BCUT2D eigenvalue weighted by atomic mass is 9.72. The Hall–Kier alpha value is -3.33. The largest absolute Gasteiger partial charge is 0.460 e. The number of Topliss-reactive ketones (excluding diaryl/α,β-unsaturated/α-hetero) is 3. The van der Waals surface area contributed by atoms with E-state index in [-0.39, 0.29) is 73.8 Å². The number of hydrogen-bond donors (Lipinski definition) is 4. The topological polar surface area (TPSA) is 197 Å². The summed E-state index contributed by atoms with van der Waals surface area (Å²) >= 11 is 0. The van der Waals surface area contributed by atoms with Crippen LogP contribution in [0, 0.1) is 53.3 Å². The van der Waals surface area contributed by atoms with Crippen LogP contribution in [-0.4, -0.2) is 118 Å². The summed E-state index contributed by atoms with van der Waals surface area (Å²) in [5, 5.41) is 44.1. The number of amides is 1. The molecule has 2 bridgehead atoms. The van der Waals surface area contributed by atoms with Crippen LogP contribution in [0.1, 0.15) is 139 Å². The molecule has 4 aliphatic rings. The molecule has 1 amide bonds. The molecule has 13 heteroatoms. The third-order valence-electron chi connectivity index (χ3n) is 15.4. The summed E-state index contributed by atoms with van der Waals surface area (Å²) in [5.74, 6) is -7.64. The summed E-state index contributed by atoms with van der Waals surface area (Å²) in [6, 6.07) is -1.14. The average molecular weight is 926 g/mol. The normalized spacial score (nSPS) is 40.2. The van der Waals surface area contributed by atoms with Crippen molar-refractivity contribution in [1.82, 2.24) is 4.90 Å². The van der Waals surface area contributed by atoms with Crippen LogP contribution in [0.25, 0.3) is 0 Å². The molecule has 3 heterocycles. The molecule has 0 aromatic carbocycles. The number of allylic oxidation sites excluding steroid dienone is 6. The van der Waals surface area contributed by atoms with Crippen molar-refractivity contribution in [3.05, 3.63) is 47.6 Å². The molecule has 0 unspecified atom stereocenters. The van der Waals surface area contributed by atoms with Crippen LogP contribution in [0.5, 0.6) is 0 Å². The monoisotopic (exact) mass is 926 g/mol. The molecule has 0 aromatic rings. The number of aliphatic hydroxyl groups excluding tert-OH is 3. The maximum Gasteiger partial charge on any atom is 0.329 e. The number of carbonyl (C=O) groups is 5. The quantitative estimate of drug-likeness (QED) is 0.121. The molecule has 0 aromatic heterocycles. The number of ketones is 3. The number of rotatable bonds is 6. The lowest BCUT2D eigenvalue weighted by Crippen LogP contribution is -2.59. The Kier molecular flexibility index (Phi) is 21.7. The summed E-state index contributed by atoms with van der Waals surface area (Å²) in [6.45, 7) is 14.8. The van der Waals surface area contributed by atoms with E-state index in [2.05, 4.69) is 6.92 Å². The number of hydrogen-bond acceptors (Lipinski definition) is 12. The Morgan fingerprint density at radius 1 is 0.864 bits per heavy atom. The molecule has 372 valence electrons. The van der Waals surface area contributed by atoms with E-state index in [1.54, 1.807) is 26.8 Å².